The van der Waals surface area contributed by atoms with Gasteiger partial charge in [0.15, 0.2) is 0 Å². The largest absolute Gasteiger partial charge is 0.508 e. The molecule has 0 aliphatic heterocycles. The lowest BCUT2D eigenvalue weighted by molar-refractivity contribution is 0.474. The van der Waals surface area contributed by atoms with E-state index in [0.29, 0.717) is 6.42 Å². The van der Waals surface area contributed by atoms with Crippen LogP contribution in [-0.4, -0.2) is 19.3 Å². The number of phenolic OH excluding ortho intramolecular Hbond substituents is 1. The summed E-state index contributed by atoms with van der Waals surface area (Å²) in [5.74, 6) is 0.272. The minimum Gasteiger partial charge on any atom is -0.508 e. The zero-order valence-corrected chi connectivity index (χ0v) is 9.42. The molecule has 0 aliphatic carbocycles. The second kappa shape index (κ2) is 5.14. The molecule has 84 valence electrons. The van der Waals surface area contributed by atoms with Gasteiger partial charge in [0.25, 0.3) is 0 Å². The fourth-order valence-corrected chi connectivity index (χ4v) is 2.27. The highest BCUT2D eigenvalue weighted by Gasteiger charge is 2.07. The SMILES string of the molecule is CCCS(=O)(=O)NCc1cccc(O)c1. The standard InChI is InChI=1S/C10H15NO3S/c1-2-6-15(13,14)11-8-9-4-3-5-10(12)7-9/h3-5,7,11-12H,2,6,8H2,1H3. The molecule has 1 rings (SSSR count). The molecule has 0 spiro atoms. The fraction of sp³-hybridized carbons (Fsp3) is 0.400. The van der Waals surface area contributed by atoms with Gasteiger partial charge < -0.3 is 5.11 Å². The molecule has 0 radical (unpaired) electrons. The molecular weight excluding hydrogens is 214 g/mol. The zero-order valence-electron chi connectivity index (χ0n) is 8.60. The third-order valence-corrected chi connectivity index (χ3v) is 3.41. The van der Waals surface area contributed by atoms with E-state index in [4.69, 9.17) is 5.11 Å². The first-order valence-corrected chi connectivity index (χ1v) is 6.44. The van der Waals surface area contributed by atoms with Gasteiger partial charge in [0.2, 0.25) is 10.0 Å². The summed E-state index contributed by atoms with van der Waals surface area (Å²) in [5.41, 5.74) is 0.745. The molecular formula is C10H15NO3S. The van der Waals surface area contributed by atoms with Crippen molar-refractivity contribution < 1.29 is 13.5 Å². The van der Waals surface area contributed by atoms with Gasteiger partial charge in [-0.15, -0.1) is 0 Å². The van der Waals surface area contributed by atoms with Crippen molar-refractivity contribution in [3.63, 3.8) is 0 Å². The van der Waals surface area contributed by atoms with Crippen LogP contribution in [0.1, 0.15) is 18.9 Å². The van der Waals surface area contributed by atoms with Gasteiger partial charge in [-0.1, -0.05) is 19.1 Å². The molecule has 0 aliphatic rings. The summed E-state index contributed by atoms with van der Waals surface area (Å²) in [7, 11) is -3.17. The third kappa shape index (κ3) is 4.31. The van der Waals surface area contributed by atoms with Crippen molar-refractivity contribution in [2.24, 2.45) is 0 Å². The Morgan fingerprint density at radius 3 is 2.73 bits per heavy atom. The highest BCUT2D eigenvalue weighted by Crippen LogP contribution is 2.10. The molecule has 1 aromatic rings. The molecule has 2 N–H and O–H groups in total. The van der Waals surface area contributed by atoms with Gasteiger partial charge in [0.1, 0.15) is 5.75 Å². The van der Waals surface area contributed by atoms with Gasteiger partial charge in [0, 0.05) is 6.54 Å². The van der Waals surface area contributed by atoms with Crippen LogP contribution in [0.25, 0.3) is 0 Å². The second-order valence-electron chi connectivity index (χ2n) is 3.31. The molecule has 0 saturated carbocycles. The van der Waals surface area contributed by atoms with E-state index in [-0.39, 0.29) is 18.0 Å². The molecule has 4 nitrogen and oxygen atoms in total. The lowest BCUT2D eigenvalue weighted by Crippen LogP contribution is -2.25. The molecule has 15 heavy (non-hydrogen) atoms. The molecule has 1 aromatic carbocycles. The maximum atomic E-state index is 11.3. The van der Waals surface area contributed by atoms with E-state index in [1.54, 1.807) is 18.2 Å². The number of nitrogens with one attached hydrogen (secondary N) is 1. The number of phenols is 1. The summed E-state index contributed by atoms with van der Waals surface area (Å²) < 4.78 is 25.1. The Labute approximate surface area is 90.0 Å². The van der Waals surface area contributed by atoms with Crippen LogP contribution in [0.5, 0.6) is 5.75 Å². The van der Waals surface area contributed by atoms with Crippen LogP contribution in [0, 0.1) is 0 Å². The van der Waals surface area contributed by atoms with Crippen molar-refractivity contribution in [3.05, 3.63) is 29.8 Å². The number of sulfonamides is 1. The van der Waals surface area contributed by atoms with Gasteiger partial charge in [-0.05, 0) is 24.1 Å². The summed E-state index contributed by atoms with van der Waals surface area (Å²) in [4.78, 5) is 0. The Morgan fingerprint density at radius 2 is 2.13 bits per heavy atom. The van der Waals surface area contributed by atoms with Gasteiger partial charge in [-0.2, -0.15) is 0 Å². The van der Waals surface area contributed by atoms with E-state index >= 15 is 0 Å². The predicted octanol–water partition coefficient (Wildman–Crippen LogP) is 1.22. The number of benzene rings is 1. The Balaban J connectivity index is 2.58. The summed E-state index contributed by atoms with van der Waals surface area (Å²) in [6.45, 7) is 2.03. The predicted molar refractivity (Wildman–Crippen MR) is 59.0 cm³/mol. The molecule has 0 amide bonds. The number of aromatic hydroxyl groups is 1. The van der Waals surface area contributed by atoms with E-state index in [9.17, 15) is 8.42 Å². The molecule has 0 saturated heterocycles. The average molecular weight is 229 g/mol. The van der Waals surface area contributed by atoms with Crippen molar-refractivity contribution in [1.82, 2.24) is 4.72 Å². The minimum absolute atomic E-state index is 0.131. The topological polar surface area (TPSA) is 66.4 Å². The maximum absolute atomic E-state index is 11.3. The Hall–Kier alpha value is -1.07. The monoisotopic (exact) mass is 229 g/mol. The fourth-order valence-electron chi connectivity index (χ4n) is 1.20. The van der Waals surface area contributed by atoms with Crippen molar-refractivity contribution >= 4 is 10.0 Å². The smallest absolute Gasteiger partial charge is 0.211 e. The lowest BCUT2D eigenvalue weighted by Gasteiger charge is -2.05. The van der Waals surface area contributed by atoms with Crippen LogP contribution in [0.4, 0.5) is 0 Å². The molecule has 0 atom stereocenters. The first-order chi connectivity index (χ1) is 7.03. The molecule has 0 bridgehead atoms. The quantitative estimate of drug-likeness (QED) is 0.797. The van der Waals surface area contributed by atoms with E-state index < -0.39 is 10.0 Å². The van der Waals surface area contributed by atoms with Gasteiger partial charge >= 0.3 is 0 Å². The van der Waals surface area contributed by atoms with Crippen LogP contribution >= 0.6 is 0 Å². The van der Waals surface area contributed by atoms with Crippen molar-refractivity contribution in [2.75, 3.05) is 5.75 Å². The van der Waals surface area contributed by atoms with Crippen LogP contribution in [0.3, 0.4) is 0 Å². The van der Waals surface area contributed by atoms with Gasteiger partial charge in [-0.3, -0.25) is 0 Å². The Morgan fingerprint density at radius 1 is 1.40 bits per heavy atom. The van der Waals surface area contributed by atoms with Crippen LogP contribution in [-0.2, 0) is 16.6 Å². The first kappa shape index (κ1) is 12.0. The van der Waals surface area contributed by atoms with E-state index in [1.165, 1.54) is 6.07 Å². The van der Waals surface area contributed by atoms with E-state index in [0.717, 1.165) is 5.56 Å². The summed E-state index contributed by atoms with van der Waals surface area (Å²) in [5, 5.41) is 9.17. The van der Waals surface area contributed by atoms with Crippen LogP contribution in [0.2, 0.25) is 0 Å². The van der Waals surface area contributed by atoms with Crippen molar-refractivity contribution in [3.8, 4) is 5.75 Å². The Bertz CT molecular complexity index is 414. The summed E-state index contributed by atoms with van der Waals surface area (Å²) >= 11 is 0. The summed E-state index contributed by atoms with van der Waals surface area (Å²) in [6, 6.07) is 6.52. The average Bonchev–Trinajstić information content (AvgIpc) is 2.15. The number of rotatable bonds is 5. The number of hydrogen-bond donors (Lipinski definition) is 2. The van der Waals surface area contributed by atoms with Gasteiger partial charge in [-0.25, -0.2) is 13.1 Å². The van der Waals surface area contributed by atoms with E-state index in [1.807, 2.05) is 6.92 Å². The second-order valence-corrected chi connectivity index (χ2v) is 5.24. The van der Waals surface area contributed by atoms with Crippen molar-refractivity contribution in [2.45, 2.75) is 19.9 Å². The third-order valence-electron chi connectivity index (χ3n) is 1.88. The minimum atomic E-state index is -3.17. The highest BCUT2D eigenvalue weighted by molar-refractivity contribution is 7.89. The Kier molecular flexibility index (Phi) is 4.11. The van der Waals surface area contributed by atoms with Crippen LogP contribution in [0.15, 0.2) is 24.3 Å². The lowest BCUT2D eigenvalue weighted by atomic mass is 10.2. The molecule has 5 heteroatoms. The normalized spacial score (nSPS) is 11.5. The van der Waals surface area contributed by atoms with E-state index in [2.05, 4.69) is 4.72 Å². The maximum Gasteiger partial charge on any atom is 0.211 e. The molecule has 0 unspecified atom stereocenters. The zero-order chi connectivity index (χ0) is 11.3. The van der Waals surface area contributed by atoms with Crippen LogP contribution < -0.4 is 4.72 Å². The molecule has 0 aromatic heterocycles. The van der Waals surface area contributed by atoms with Crippen molar-refractivity contribution in [1.29, 1.82) is 0 Å². The number of hydrogen-bond acceptors (Lipinski definition) is 3. The first-order valence-electron chi connectivity index (χ1n) is 4.79. The van der Waals surface area contributed by atoms with Gasteiger partial charge in [0.05, 0.1) is 5.75 Å². The molecule has 0 heterocycles. The summed E-state index contributed by atoms with van der Waals surface area (Å²) in [6.07, 6.45) is 0.593. The highest BCUT2D eigenvalue weighted by atomic mass is 32.2. The molecule has 0 fully saturated rings.